The molecular weight excluding hydrogens is 276 g/mol. The summed E-state index contributed by atoms with van der Waals surface area (Å²) in [7, 11) is 4.17. The first-order chi connectivity index (χ1) is 10.6. The predicted octanol–water partition coefficient (Wildman–Crippen LogP) is 2.20. The van der Waals surface area contributed by atoms with Crippen molar-refractivity contribution in [2.75, 3.05) is 27.2 Å². The molecule has 1 saturated carbocycles. The van der Waals surface area contributed by atoms with Crippen LogP contribution in [0, 0.1) is 6.92 Å². The number of hydrogen-bond donors (Lipinski definition) is 2. The second-order valence-corrected chi connectivity index (χ2v) is 6.61. The van der Waals surface area contributed by atoms with Gasteiger partial charge >= 0.3 is 0 Å². The Morgan fingerprint density at radius 2 is 2.14 bits per heavy atom. The molecule has 0 heterocycles. The molecule has 22 heavy (non-hydrogen) atoms. The normalized spacial score (nSPS) is 25.4. The molecule has 0 radical (unpaired) electrons. The first-order valence-corrected chi connectivity index (χ1v) is 8.36. The van der Waals surface area contributed by atoms with Crippen LogP contribution in [-0.2, 0) is 0 Å². The van der Waals surface area contributed by atoms with Crippen LogP contribution < -0.4 is 10.1 Å². The van der Waals surface area contributed by atoms with E-state index in [0.29, 0.717) is 0 Å². The van der Waals surface area contributed by atoms with Crippen LogP contribution in [-0.4, -0.2) is 55.4 Å². The second kappa shape index (κ2) is 8.51. The van der Waals surface area contributed by atoms with Crippen molar-refractivity contribution in [3.63, 3.8) is 0 Å². The lowest BCUT2D eigenvalue weighted by atomic mass is 9.89. The number of benzene rings is 1. The number of hydrogen-bond acceptors (Lipinski definition) is 4. The third kappa shape index (κ3) is 5.27. The lowest BCUT2D eigenvalue weighted by Crippen LogP contribution is -2.51. The van der Waals surface area contributed by atoms with Crippen molar-refractivity contribution < 1.29 is 9.84 Å². The highest BCUT2D eigenvalue weighted by Gasteiger charge is 2.32. The number of nitrogens with one attached hydrogen (secondary N) is 1. The van der Waals surface area contributed by atoms with Gasteiger partial charge in [0.2, 0.25) is 0 Å². The van der Waals surface area contributed by atoms with Gasteiger partial charge in [-0.2, -0.15) is 0 Å². The van der Waals surface area contributed by atoms with E-state index in [1.807, 2.05) is 18.2 Å². The minimum absolute atomic E-state index is 0.109. The van der Waals surface area contributed by atoms with Gasteiger partial charge in [-0.15, -0.1) is 0 Å². The fourth-order valence-electron chi connectivity index (χ4n) is 3.04. The molecule has 124 valence electrons. The standard InChI is InChI=1S/C18H30N2O2/c1-14-7-4-8-15(13-14)22-17-10-5-9-16(18(17)21)19-11-6-12-20(2)3/h4,7-8,13,16-19,21H,5-6,9-12H2,1-3H3/t16-,17+,18+/m0/s1. The maximum atomic E-state index is 10.6. The largest absolute Gasteiger partial charge is 0.488 e. The van der Waals surface area contributed by atoms with E-state index in [2.05, 4.69) is 37.3 Å². The Morgan fingerprint density at radius 3 is 2.86 bits per heavy atom. The van der Waals surface area contributed by atoms with Gasteiger partial charge in [-0.25, -0.2) is 0 Å². The summed E-state index contributed by atoms with van der Waals surface area (Å²) in [5.41, 5.74) is 1.18. The minimum Gasteiger partial charge on any atom is -0.488 e. The molecule has 4 heteroatoms. The number of aliphatic hydroxyl groups excluding tert-OH is 1. The van der Waals surface area contributed by atoms with Crippen LogP contribution in [0.2, 0.25) is 0 Å². The Labute approximate surface area is 134 Å². The number of aliphatic hydroxyl groups is 1. The van der Waals surface area contributed by atoms with Crippen molar-refractivity contribution in [2.45, 2.75) is 50.9 Å². The molecule has 0 bridgehead atoms. The van der Waals surface area contributed by atoms with Crippen LogP contribution >= 0.6 is 0 Å². The van der Waals surface area contributed by atoms with Crippen molar-refractivity contribution in [1.82, 2.24) is 10.2 Å². The topological polar surface area (TPSA) is 44.7 Å². The van der Waals surface area contributed by atoms with Crippen LogP contribution in [0.5, 0.6) is 5.75 Å². The lowest BCUT2D eigenvalue weighted by Gasteiger charge is -2.35. The quantitative estimate of drug-likeness (QED) is 0.758. The van der Waals surface area contributed by atoms with E-state index in [0.717, 1.165) is 44.5 Å². The summed E-state index contributed by atoms with van der Waals surface area (Å²) < 4.78 is 6.02. The predicted molar refractivity (Wildman–Crippen MR) is 90.4 cm³/mol. The fraction of sp³-hybridized carbons (Fsp3) is 0.667. The smallest absolute Gasteiger partial charge is 0.126 e. The zero-order valence-electron chi connectivity index (χ0n) is 14.1. The van der Waals surface area contributed by atoms with Gasteiger partial charge in [0.1, 0.15) is 18.0 Å². The molecule has 0 unspecified atom stereocenters. The van der Waals surface area contributed by atoms with Crippen molar-refractivity contribution in [3.8, 4) is 5.75 Å². The molecule has 0 saturated heterocycles. The van der Waals surface area contributed by atoms with Crippen molar-refractivity contribution >= 4 is 0 Å². The van der Waals surface area contributed by atoms with Crippen LogP contribution in [0.1, 0.15) is 31.2 Å². The highest BCUT2D eigenvalue weighted by molar-refractivity contribution is 5.27. The molecule has 2 N–H and O–H groups in total. The van der Waals surface area contributed by atoms with Crippen molar-refractivity contribution in [2.24, 2.45) is 0 Å². The Kier molecular flexibility index (Phi) is 6.68. The Balaban J connectivity index is 1.83. The van der Waals surface area contributed by atoms with Crippen molar-refractivity contribution in [1.29, 1.82) is 0 Å². The summed E-state index contributed by atoms with van der Waals surface area (Å²) >= 11 is 0. The average molecular weight is 306 g/mol. The minimum atomic E-state index is -0.436. The monoisotopic (exact) mass is 306 g/mol. The van der Waals surface area contributed by atoms with E-state index in [1.54, 1.807) is 0 Å². The Bertz CT molecular complexity index is 450. The van der Waals surface area contributed by atoms with Gasteiger partial charge < -0.3 is 20.1 Å². The molecule has 1 aliphatic carbocycles. The third-order valence-corrected chi connectivity index (χ3v) is 4.26. The number of rotatable bonds is 7. The first kappa shape index (κ1) is 17.3. The molecule has 0 spiro atoms. The van der Waals surface area contributed by atoms with Gasteiger partial charge in [-0.1, -0.05) is 12.1 Å². The van der Waals surface area contributed by atoms with Crippen LogP contribution in [0.15, 0.2) is 24.3 Å². The molecular formula is C18H30N2O2. The molecule has 1 aromatic carbocycles. The van der Waals surface area contributed by atoms with Gasteiger partial charge in [0.05, 0.1) is 0 Å². The summed E-state index contributed by atoms with van der Waals surface area (Å²) in [5, 5.41) is 14.1. The summed E-state index contributed by atoms with van der Waals surface area (Å²) in [6.07, 6.45) is 3.59. The Morgan fingerprint density at radius 1 is 1.32 bits per heavy atom. The Hall–Kier alpha value is -1.10. The fourth-order valence-corrected chi connectivity index (χ4v) is 3.04. The molecule has 1 aromatic rings. The van der Waals surface area contributed by atoms with Gasteiger partial charge in [-0.3, -0.25) is 0 Å². The summed E-state index contributed by atoms with van der Waals surface area (Å²) in [5.74, 6) is 0.859. The van der Waals surface area contributed by atoms with E-state index >= 15 is 0 Å². The van der Waals surface area contributed by atoms with E-state index < -0.39 is 6.10 Å². The highest BCUT2D eigenvalue weighted by Crippen LogP contribution is 2.25. The van der Waals surface area contributed by atoms with Crippen LogP contribution in [0.25, 0.3) is 0 Å². The molecule has 1 aliphatic rings. The van der Waals surface area contributed by atoms with Crippen molar-refractivity contribution in [3.05, 3.63) is 29.8 Å². The van der Waals surface area contributed by atoms with E-state index in [-0.39, 0.29) is 12.1 Å². The third-order valence-electron chi connectivity index (χ3n) is 4.26. The molecule has 4 nitrogen and oxygen atoms in total. The molecule has 0 aliphatic heterocycles. The SMILES string of the molecule is Cc1cccc(O[C@@H]2CCC[C@H](NCCCN(C)C)[C@H]2O)c1. The van der Waals surface area contributed by atoms with Crippen LogP contribution in [0.4, 0.5) is 0 Å². The summed E-state index contributed by atoms with van der Waals surface area (Å²) in [6.45, 7) is 4.06. The van der Waals surface area contributed by atoms with Gasteiger partial charge in [0.15, 0.2) is 0 Å². The summed E-state index contributed by atoms with van der Waals surface area (Å²) in [4.78, 5) is 2.18. The van der Waals surface area contributed by atoms with E-state index in [4.69, 9.17) is 4.74 Å². The van der Waals surface area contributed by atoms with Crippen LogP contribution in [0.3, 0.4) is 0 Å². The first-order valence-electron chi connectivity index (χ1n) is 8.36. The van der Waals surface area contributed by atoms with E-state index in [9.17, 15) is 5.11 Å². The van der Waals surface area contributed by atoms with Gasteiger partial charge in [-0.05, 0) is 77.5 Å². The molecule has 1 fully saturated rings. The molecule has 0 aromatic heterocycles. The highest BCUT2D eigenvalue weighted by atomic mass is 16.5. The maximum absolute atomic E-state index is 10.6. The zero-order chi connectivity index (χ0) is 15.9. The molecule has 3 atom stereocenters. The zero-order valence-corrected chi connectivity index (χ0v) is 14.1. The maximum Gasteiger partial charge on any atom is 0.126 e. The lowest BCUT2D eigenvalue weighted by molar-refractivity contribution is -0.0153. The van der Waals surface area contributed by atoms with Gasteiger partial charge in [0.25, 0.3) is 0 Å². The van der Waals surface area contributed by atoms with E-state index in [1.165, 1.54) is 5.56 Å². The average Bonchev–Trinajstić information content (AvgIpc) is 2.47. The van der Waals surface area contributed by atoms with Gasteiger partial charge in [0, 0.05) is 6.04 Å². The number of nitrogens with zero attached hydrogens (tertiary/aromatic N) is 1. The number of aryl methyl sites for hydroxylation is 1. The second-order valence-electron chi connectivity index (χ2n) is 6.61. The molecule has 2 rings (SSSR count). The molecule has 0 amide bonds. The summed E-state index contributed by atoms with van der Waals surface area (Å²) in [6, 6.07) is 8.19. The number of ether oxygens (including phenoxy) is 1.